The molecule has 0 saturated carbocycles. The van der Waals surface area contributed by atoms with Crippen molar-refractivity contribution >= 4 is 5.91 Å². The molecule has 1 aromatic carbocycles. The van der Waals surface area contributed by atoms with E-state index in [-0.39, 0.29) is 5.91 Å². The molecule has 162 valence electrons. The summed E-state index contributed by atoms with van der Waals surface area (Å²) in [5.41, 5.74) is 6.58. The van der Waals surface area contributed by atoms with Crippen molar-refractivity contribution in [1.29, 1.82) is 0 Å². The number of carbonyl (C=O) groups excluding carboxylic acids is 1. The van der Waals surface area contributed by atoms with Crippen LogP contribution < -0.4 is 4.74 Å². The Morgan fingerprint density at radius 3 is 2.84 bits per heavy atom. The largest absolute Gasteiger partial charge is 0.481 e. The molecule has 0 atom stereocenters. The second-order valence-electron chi connectivity index (χ2n) is 7.75. The highest BCUT2D eigenvalue weighted by molar-refractivity contribution is 5.77. The van der Waals surface area contributed by atoms with Gasteiger partial charge in [-0.05, 0) is 36.1 Å². The van der Waals surface area contributed by atoms with Crippen molar-refractivity contribution in [2.75, 3.05) is 27.3 Å². The normalized spacial score (nSPS) is 13.5. The highest BCUT2D eigenvalue weighted by Crippen LogP contribution is 2.27. The quantitative estimate of drug-likeness (QED) is 0.635. The zero-order valence-corrected chi connectivity index (χ0v) is 18.1. The number of rotatable bonds is 7. The molecule has 0 aliphatic carbocycles. The number of aromatic nitrogens is 3. The maximum Gasteiger partial charge on any atom is 0.222 e. The van der Waals surface area contributed by atoms with Gasteiger partial charge in [0.15, 0.2) is 0 Å². The first kappa shape index (κ1) is 21.1. The lowest BCUT2D eigenvalue weighted by Crippen LogP contribution is -2.33. The van der Waals surface area contributed by atoms with Crippen LogP contribution >= 0.6 is 0 Å². The summed E-state index contributed by atoms with van der Waals surface area (Å²) in [5, 5.41) is 7.79. The van der Waals surface area contributed by atoms with Gasteiger partial charge >= 0.3 is 0 Å². The van der Waals surface area contributed by atoms with Crippen LogP contribution in [-0.2, 0) is 35.4 Å². The number of hydrogen-bond donors (Lipinski definition) is 1. The molecule has 1 amide bonds. The number of aromatic amines is 1. The lowest BCUT2D eigenvalue weighted by atomic mass is 10.0. The maximum absolute atomic E-state index is 12.9. The third-order valence-corrected chi connectivity index (χ3v) is 5.72. The number of methoxy groups -OCH3 is 2. The van der Waals surface area contributed by atoms with Crippen LogP contribution in [-0.4, -0.2) is 53.3 Å². The summed E-state index contributed by atoms with van der Waals surface area (Å²) >= 11 is 0. The Morgan fingerprint density at radius 2 is 2.00 bits per heavy atom. The Hall–Kier alpha value is -3.19. The number of benzene rings is 1. The van der Waals surface area contributed by atoms with Gasteiger partial charge < -0.3 is 14.4 Å². The number of nitrogens with zero attached hydrogens (tertiary/aromatic N) is 3. The minimum atomic E-state index is 0.178. The van der Waals surface area contributed by atoms with E-state index in [9.17, 15) is 4.79 Å². The molecule has 1 aliphatic heterocycles. The molecule has 3 heterocycles. The Bertz CT molecular complexity index is 1050. The van der Waals surface area contributed by atoms with Crippen LogP contribution in [0.4, 0.5) is 0 Å². The molecule has 0 radical (unpaired) electrons. The van der Waals surface area contributed by atoms with Gasteiger partial charge in [-0.1, -0.05) is 18.2 Å². The van der Waals surface area contributed by atoms with Crippen LogP contribution in [0.2, 0.25) is 0 Å². The maximum atomic E-state index is 12.9. The third kappa shape index (κ3) is 4.94. The fourth-order valence-corrected chi connectivity index (χ4v) is 4.07. The van der Waals surface area contributed by atoms with E-state index in [0.717, 1.165) is 40.9 Å². The number of carbonyl (C=O) groups is 1. The van der Waals surface area contributed by atoms with E-state index < -0.39 is 0 Å². The van der Waals surface area contributed by atoms with Crippen LogP contribution in [0.25, 0.3) is 11.3 Å². The van der Waals surface area contributed by atoms with E-state index >= 15 is 0 Å². The molecule has 1 aliphatic rings. The highest BCUT2D eigenvalue weighted by Gasteiger charge is 2.23. The van der Waals surface area contributed by atoms with Crippen molar-refractivity contribution in [3.8, 4) is 17.1 Å². The highest BCUT2D eigenvalue weighted by atomic mass is 16.5. The summed E-state index contributed by atoms with van der Waals surface area (Å²) in [7, 11) is 3.30. The van der Waals surface area contributed by atoms with E-state index in [1.807, 2.05) is 23.1 Å². The van der Waals surface area contributed by atoms with Gasteiger partial charge in [-0.25, -0.2) is 4.98 Å². The molecule has 2 aromatic heterocycles. The van der Waals surface area contributed by atoms with Gasteiger partial charge in [-0.15, -0.1) is 0 Å². The fourth-order valence-electron chi connectivity index (χ4n) is 4.07. The van der Waals surface area contributed by atoms with Gasteiger partial charge in [-0.2, -0.15) is 5.10 Å². The zero-order valence-electron chi connectivity index (χ0n) is 18.1. The van der Waals surface area contributed by atoms with Crippen LogP contribution in [0, 0.1) is 0 Å². The second kappa shape index (κ2) is 9.75. The fraction of sp³-hybridized carbons (Fsp3) is 0.375. The molecule has 0 spiro atoms. The summed E-state index contributed by atoms with van der Waals surface area (Å²) in [4.78, 5) is 19.0. The molecule has 7 heteroatoms. The third-order valence-electron chi connectivity index (χ3n) is 5.72. The van der Waals surface area contributed by atoms with Gasteiger partial charge in [0, 0.05) is 62.1 Å². The summed E-state index contributed by atoms with van der Waals surface area (Å²) in [6, 6.07) is 12.1. The monoisotopic (exact) mass is 420 g/mol. The number of fused-ring (bicyclic) bond motifs is 1. The number of pyridine rings is 1. The Kier molecular flexibility index (Phi) is 6.62. The first-order chi connectivity index (χ1) is 15.2. The van der Waals surface area contributed by atoms with E-state index in [0.29, 0.717) is 38.4 Å². The lowest BCUT2D eigenvalue weighted by molar-refractivity contribution is -0.131. The number of amides is 1. The molecule has 0 saturated heterocycles. The molecule has 31 heavy (non-hydrogen) atoms. The van der Waals surface area contributed by atoms with Crippen molar-refractivity contribution in [1.82, 2.24) is 20.1 Å². The number of hydrogen-bond acceptors (Lipinski definition) is 5. The molecule has 0 unspecified atom stereocenters. The first-order valence-corrected chi connectivity index (χ1v) is 10.6. The van der Waals surface area contributed by atoms with Crippen molar-refractivity contribution < 1.29 is 14.3 Å². The number of aryl methyl sites for hydroxylation is 1. The van der Waals surface area contributed by atoms with Gasteiger partial charge in [0.25, 0.3) is 0 Å². The zero-order chi connectivity index (χ0) is 21.6. The average Bonchev–Trinajstić information content (AvgIpc) is 3.09. The van der Waals surface area contributed by atoms with Crippen LogP contribution in [0.15, 0.2) is 42.6 Å². The smallest absolute Gasteiger partial charge is 0.222 e. The van der Waals surface area contributed by atoms with Crippen molar-refractivity contribution in [2.45, 2.75) is 32.3 Å². The van der Waals surface area contributed by atoms with E-state index in [1.54, 1.807) is 20.4 Å². The molecule has 7 nitrogen and oxygen atoms in total. The summed E-state index contributed by atoms with van der Waals surface area (Å²) in [6.07, 6.45) is 4.45. The lowest BCUT2D eigenvalue weighted by Gasteiger charge is -2.20. The summed E-state index contributed by atoms with van der Waals surface area (Å²) < 4.78 is 10.4. The van der Waals surface area contributed by atoms with Crippen molar-refractivity contribution in [3.63, 3.8) is 0 Å². The number of H-pyrrole nitrogens is 1. The van der Waals surface area contributed by atoms with Gasteiger partial charge in [-0.3, -0.25) is 9.89 Å². The van der Waals surface area contributed by atoms with Gasteiger partial charge in [0.05, 0.1) is 19.4 Å². The standard InChI is InChI=1S/C24H28N4O3/c1-30-16-18-4-3-5-19(14-18)24-20-9-12-28(13-10-21(20)26-27-24)23(29)7-6-17-8-11-25-22(15-17)31-2/h3-5,8,11,14-15H,6-7,9-10,12-13,16H2,1-2H3,(H,26,27). The molecule has 0 fully saturated rings. The number of ether oxygens (including phenoxy) is 2. The molecule has 4 rings (SSSR count). The molecule has 0 bridgehead atoms. The Labute approximate surface area is 182 Å². The molecule has 3 aromatic rings. The second-order valence-corrected chi connectivity index (χ2v) is 7.75. The minimum Gasteiger partial charge on any atom is -0.481 e. The van der Waals surface area contributed by atoms with Gasteiger partial charge in [0.1, 0.15) is 0 Å². The molecular formula is C24H28N4O3. The summed E-state index contributed by atoms with van der Waals surface area (Å²) in [5.74, 6) is 0.755. The van der Waals surface area contributed by atoms with Crippen molar-refractivity contribution in [2.24, 2.45) is 0 Å². The Balaban J connectivity index is 1.41. The predicted octanol–water partition coefficient (Wildman–Crippen LogP) is 3.19. The van der Waals surface area contributed by atoms with Crippen molar-refractivity contribution in [3.05, 3.63) is 65.0 Å². The number of nitrogens with one attached hydrogen (secondary N) is 1. The van der Waals surface area contributed by atoms with Gasteiger partial charge in [0.2, 0.25) is 11.8 Å². The Morgan fingerprint density at radius 1 is 1.13 bits per heavy atom. The summed E-state index contributed by atoms with van der Waals surface area (Å²) in [6.45, 7) is 1.98. The van der Waals surface area contributed by atoms with E-state index in [4.69, 9.17) is 9.47 Å². The van der Waals surface area contributed by atoms with E-state index in [1.165, 1.54) is 5.56 Å². The SMILES string of the molecule is COCc1cccc(-c2n[nH]c3c2CCN(C(=O)CCc2ccnc(OC)c2)CC3)c1. The van der Waals surface area contributed by atoms with Crippen LogP contribution in [0.1, 0.15) is 28.8 Å². The minimum absolute atomic E-state index is 0.178. The molecule has 1 N–H and O–H groups in total. The first-order valence-electron chi connectivity index (χ1n) is 10.6. The predicted molar refractivity (Wildman–Crippen MR) is 118 cm³/mol. The van der Waals surface area contributed by atoms with E-state index in [2.05, 4.69) is 33.4 Å². The van der Waals surface area contributed by atoms with Crippen LogP contribution in [0.3, 0.4) is 0 Å². The van der Waals surface area contributed by atoms with Crippen LogP contribution in [0.5, 0.6) is 5.88 Å². The average molecular weight is 421 g/mol. The molecular weight excluding hydrogens is 392 g/mol. The topological polar surface area (TPSA) is 80.3 Å².